The Labute approximate surface area is 110 Å². The van der Waals surface area contributed by atoms with E-state index in [4.69, 9.17) is 9.84 Å². The molecule has 0 aromatic heterocycles. The highest BCUT2D eigenvalue weighted by Gasteiger charge is 2.58. The van der Waals surface area contributed by atoms with Crippen molar-refractivity contribution in [3.05, 3.63) is 35.9 Å². The minimum Gasteiger partial charge on any atom is -0.481 e. The Morgan fingerprint density at radius 3 is 2.68 bits per heavy atom. The van der Waals surface area contributed by atoms with Gasteiger partial charge in [-0.25, -0.2) is 4.79 Å². The highest BCUT2D eigenvalue weighted by molar-refractivity contribution is 5.76. The molecule has 1 aliphatic carbocycles. The molecule has 1 amide bonds. The number of hydrogen-bond acceptors (Lipinski definition) is 3. The number of rotatable bonds is 3. The van der Waals surface area contributed by atoms with Gasteiger partial charge in [0.15, 0.2) is 0 Å². The molecule has 19 heavy (non-hydrogen) atoms. The van der Waals surface area contributed by atoms with Crippen LogP contribution in [0.4, 0.5) is 4.79 Å². The van der Waals surface area contributed by atoms with Crippen LogP contribution in [0.15, 0.2) is 30.3 Å². The summed E-state index contributed by atoms with van der Waals surface area (Å²) in [5.41, 5.74) is 0.928. The van der Waals surface area contributed by atoms with Crippen molar-refractivity contribution in [2.45, 2.75) is 19.1 Å². The summed E-state index contributed by atoms with van der Waals surface area (Å²) in [4.78, 5) is 24.5. The molecule has 3 atom stereocenters. The molecule has 3 unspecified atom stereocenters. The van der Waals surface area contributed by atoms with E-state index in [2.05, 4.69) is 0 Å². The van der Waals surface area contributed by atoms with E-state index in [0.717, 1.165) is 12.0 Å². The van der Waals surface area contributed by atoms with Crippen molar-refractivity contribution >= 4 is 12.1 Å². The zero-order valence-electron chi connectivity index (χ0n) is 10.4. The minimum atomic E-state index is -0.814. The lowest BCUT2D eigenvalue weighted by Gasteiger charge is -2.19. The number of hydrogen-bond donors (Lipinski definition) is 1. The van der Waals surface area contributed by atoms with E-state index in [1.54, 1.807) is 4.90 Å². The lowest BCUT2D eigenvalue weighted by atomic mass is 10.1. The second kappa shape index (κ2) is 4.57. The number of benzene rings is 1. The van der Waals surface area contributed by atoms with Crippen LogP contribution < -0.4 is 0 Å². The number of fused-ring (bicyclic) bond motifs is 1. The van der Waals surface area contributed by atoms with E-state index < -0.39 is 18.0 Å². The first-order valence-electron chi connectivity index (χ1n) is 6.37. The van der Waals surface area contributed by atoms with Crippen LogP contribution in [0.2, 0.25) is 0 Å². The molecule has 1 aromatic carbocycles. The van der Waals surface area contributed by atoms with Gasteiger partial charge in [-0.3, -0.25) is 4.79 Å². The quantitative estimate of drug-likeness (QED) is 0.899. The van der Waals surface area contributed by atoms with Crippen molar-refractivity contribution < 1.29 is 19.4 Å². The number of likely N-dealkylation sites (tertiary alicyclic amines) is 1. The molecule has 2 aliphatic rings. The summed E-state index contributed by atoms with van der Waals surface area (Å²) in [5, 5.41) is 9.04. The molecule has 0 radical (unpaired) electrons. The number of amides is 1. The summed E-state index contributed by atoms with van der Waals surface area (Å²) in [5.74, 6) is -1.11. The van der Waals surface area contributed by atoms with Crippen molar-refractivity contribution in [3.63, 3.8) is 0 Å². The van der Waals surface area contributed by atoms with Gasteiger partial charge in [0.05, 0.1) is 5.92 Å². The molecule has 2 fully saturated rings. The molecule has 5 nitrogen and oxygen atoms in total. The van der Waals surface area contributed by atoms with E-state index in [1.807, 2.05) is 30.3 Å². The van der Waals surface area contributed by atoms with Crippen LogP contribution in [0.5, 0.6) is 0 Å². The van der Waals surface area contributed by atoms with Gasteiger partial charge in [-0.15, -0.1) is 0 Å². The summed E-state index contributed by atoms with van der Waals surface area (Å²) in [6.45, 7) is 0.504. The fraction of sp³-hybridized carbons (Fsp3) is 0.429. The average Bonchev–Trinajstić information content (AvgIpc) is 3.10. The lowest BCUT2D eigenvalue weighted by Crippen LogP contribution is -2.34. The van der Waals surface area contributed by atoms with Gasteiger partial charge < -0.3 is 14.7 Å². The van der Waals surface area contributed by atoms with Gasteiger partial charge in [0, 0.05) is 12.6 Å². The normalized spacial score (nSPS) is 27.8. The first-order valence-corrected chi connectivity index (χ1v) is 6.37. The Kier molecular flexibility index (Phi) is 2.89. The second-order valence-electron chi connectivity index (χ2n) is 5.10. The Hall–Kier alpha value is -2.04. The van der Waals surface area contributed by atoms with Crippen molar-refractivity contribution in [1.82, 2.24) is 4.90 Å². The lowest BCUT2D eigenvalue weighted by molar-refractivity contribution is -0.142. The summed E-state index contributed by atoms with van der Waals surface area (Å²) in [6, 6.07) is 9.52. The standard InChI is InChI=1S/C14H15NO4/c16-13(17)11-7-15(12-6-10(11)12)14(18)19-8-9-4-2-1-3-5-9/h1-5,10-12H,6-8H2,(H,16,17). The summed E-state index contributed by atoms with van der Waals surface area (Å²) >= 11 is 0. The van der Waals surface area contributed by atoms with E-state index in [1.165, 1.54) is 0 Å². The minimum absolute atomic E-state index is 0.0735. The smallest absolute Gasteiger partial charge is 0.410 e. The SMILES string of the molecule is O=C(O)C1CN(C(=O)OCc2ccccc2)C2CC12. The van der Waals surface area contributed by atoms with E-state index in [-0.39, 0.29) is 25.1 Å². The number of carboxylic acids is 1. The number of ether oxygens (including phenoxy) is 1. The van der Waals surface area contributed by atoms with Gasteiger partial charge in [0.1, 0.15) is 6.61 Å². The van der Waals surface area contributed by atoms with Gasteiger partial charge in [0.2, 0.25) is 0 Å². The number of carbonyl (C=O) groups is 2. The first-order chi connectivity index (χ1) is 9.16. The molecular weight excluding hydrogens is 246 g/mol. The van der Waals surface area contributed by atoms with Gasteiger partial charge in [0.25, 0.3) is 0 Å². The third kappa shape index (κ3) is 2.28. The maximum Gasteiger partial charge on any atom is 0.410 e. The Morgan fingerprint density at radius 1 is 1.32 bits per heavy atom. The Bertz CT molecular complexity index is 501. The molecular formula is C14H15NO4. The summed E-state index contributed by atoms with van der Waals surface area (Å²) in [7, 11) is 0. The van der Waals surface area contributed by atoms with Crippen molar-refractivity contribution in [2.24, 2.45) is 11.8 Å². The van der Waals surface area contributed by atoms with Crippen molar-refractivity contribution in [2.75, 3.05) is 6.54 Å². The van der Waals surface area contributed by atoms with Crippen LogP contribution >= 0.6 is 0 Å². The third-order valence-electron chi connectivity index (χ3n) is 3.87. The first kappa shape index (κ1) is 12.0. The average molecular weight is 261 g/mol. The predicted molar refractivity (Wildman–Crippen MR) is 66.4 cm³/mol. The zero-order chi connectivity index (χ0) is 13.4. The van der Waals surface area contributed by atoms with Crippen molar-refractivity contribution in [3.8, 4) is 0 Å². The van der Waals surface area contributed by atoms with Crippen LogP contribution in [0.25, 0.3) is 0 Å². The molecule has 0 bridgehead atoms. The second-order valence-corrected chi connectivity index (χ2v) is 5.10. The molecule has 3 rings (SSSR count). The fourth-order valence-electron chi connectivity index (χ4n) is 2.75. The topological polar surface area (TPSA) is 66.8 Å². The molecule has 1 heterocycles. The zero-order valence-corrected chi connectivity index (χ0v) is 10.4. The highest BCUT2D eigenvalue weighted by Crippen LogP contribution is 2.48. The summed E-state index contributed by atoms with van der Waals surface area (Å²) in [6.07, 6.45) is 0.386. The van der Waals surface area contributed by atoms with Crippen LogP contribution in [0.3, 0.4) is 0 Å². The highest BCUT2D eigenvalue weighted by atomic mass is 16.6. The summed E-state index contributed by atoms with van der Waals surface area (Å²) < 4.78 is 5.23. The van der Waals surface area contributed by atoms with E-state index >= 15 is 0 Å². The maximum atomic E-state index is 11.9. The maximum absolute atomic E-state index is 11.9. The van der Waals surface area contributed by atoms with Gasteiger partial charge in [-0.1, -0.05) is 30.3 Å². The predicted octanol–water partition coefficient (Wildman–Crippen LogP) is 1.73. The van der Waals surface area contributed by atoms with Crippen LogP contribution in [0, 0.1) is 11.8 Å². The van der Waals surface area contributed by atoms with Gasteiger partial charge >= 0.3 is 12.1 Å². The largest absolute Gasteiger partial charge is 0.481 e. The number of piperidine rings is 1. The number of carboxylic acid groups (broad SMARTS) is 1. The molecule has 1 aromatic rings. The Balaban J connectivity index is 1.56. The fourth-order valence-corrected chi connectivity index (χ4v) is 2.75. The van der Waals surface area contributed by atoms with Crippen molar-refractivity contribution in [1.29, 1.82) is 0 Å². The number of aliphatic carboxylic acids is 1. The van der Waals surface area contributed by atoms with Gasteiger partial charge in [-0.2, -0.15) is 0 Å². The molecule has 1 saturated heterocycles. The molecule has 1 N–H and O–H groups in total. The number of carbonyl (C=O) groups excluding carboxylic acids is 1. The number of nitrogens with zero attached hydrogens (tertiary/aromatic N) is 1. The Morgan fingerprint density at radius 2 is 2.05 bits per heavy atom. The van der Waals surface area contributed by atoms with E-state index in [9.17, 15) is 9.59 Å². The molecule has 1 saturated carbocycles. The molecule has 0 spiro atoms. The molecule has 100 valence electrons. The molecule has 5 heteroatoms. The van der Waals surface area contributed by atoms with Crippen LogP contribution in [0.1, 0.15) is 12.0 Å². The van der Waals surface area contributed by atoms with Gasteiger partial charge in [-0.05, 0) is 17.9 Å². The third-order valence-corrected chi connectivity index (χ3v) is 3.87. The van der Waals surface area contributed by atoms with Crippen LogP contribution in [-0.4, -0.2) is 34.7 Å². The van der Waals surface area contributed by atoms with Crippen LogP contribution in [-0.2, 0) is 16.1 Å². The molecule has 1 aliphatic heterocycles. The van der Waals surface area contributed by atoms with E-state index in [0.29, 0.717) is 0 Å². The monoisotopic (exact) mass is 261 g/mol.